The van der Waals surface area contributed by atoms with Crippen LogP contribution in [0, 0.1) is 0 Å². The lowest BCUT2D eigenvalue weighted by Crippen LogP contribution is -2.30. The number of nitrogens with zero attached hydrogens (tertiary/aromatic N) is 2. The number of carbonyl (C=O) groups excluding carboxylic acids is 1. The molecule has 6 heteroatoms. The van der Waals surface area contributed by atoms with Crippen LogP contribution >= 0.6 is 0 Å². The van der Waals surface area contributed by atoms with E-state index in [0.29, 0.717) is 12.2 Å². The highest BCUT2D eigenvalue weighted by Gasteiger charge is 2.20. The molecule has 0 fully saturated rings. The number of ether oxygens (including phenoxy) is 1. The van der Waals surface area contributed by atoms with Crippen molar-refractivity contribution in [2.45, 2.75) is 39.5 Å². The quantitative estimate of drug-likeness (QED) is 0.774. The van der Waals surface area contributed by atoms with Crippen LogP contribution in [-0.4, -0.2) is 28.0 Å². The highest BCUT2D eigenvalue weighted by atomic mass is 16.6. The van der Waals surface area contributed by atoms with Crippen molar-refractivity contribution in [1.29, 1.82) is 0 Å². The number of fused-ring (bicyclic) bond motifs is 1. The topological polar surface area (TPSA) is 68.2 Å². The summed E-state index contributed by atoms with van der Waals surface area (Å²) in [4.78, 5) is 11.6. The van der Waals surface area contributed by atoms with Gasteiger partial charge in [0.1, 0.15) is 5.60 Å². The minimum Gasteiger partial charge on any atom is -0.444 e. The summed E-state index contributed by atoms with van der Waals surface area (Å²) in [7, 11) is 0. The Kier molecular flexibility index (Phi) is 3.06. The average Bonchev–Trinajstić information content (AvgIpc) is 2.59. The van der Waals surface area contributed by atoms with Gasteiger partial charge in [-0.05, 0) is 20.8 Å². The first-order valence-corrected chi connectivity index (χ1v) is 5.71. The number of rotatable bonds is 1. The van der Waals surface area contributed by atoms with Crippen LogP contribution in [0.5, 0.6) is 0 Å². The molecule has 0 aromatic carbocycles. The van der Waals surface area contributed by atoms with Crippen LogP contribution in [0.2, 0.25) is 0 Å². The van der Waals surface area contributed by atoms with Crippen LogP contribution in [0.25, 0.3) is 0 Å². The fraction of sp³-hybridized carbons (Fsp3) is 0.636. The van der Waals surface area contributed by atoms with E-state index in [4.69, 9.17) is 4.74 Å². The number of aromatic nitrogens is 2. The summed E-state index contributed by atoms with van der Waals surface area (Å²) >= 11 is 0. The minimum absolute atomic E-state index is 0.445. The summed E-state index contributed by atoms with van der Waals surface area (Å²) in [6.07, 6.45) is 1.21. The van der Waals surface area contributed by atoms with Crippen molar-refractivity contribution in [1.82, 2.24) is 15.1 Å². The Balaban J connectivity index is 2.04. The van der Waals surface area contributed by atoms with Crippen molar-refractivity contribution in [3.8, 4) is 0 Å². The van der Waals surface area contributed by atoms with Crippen molar-refractivity contribution >= 4 is 11.8 Å². The molecule has 2 N–H and O–H groups in total. The van der Waals surface area contributed by atoms with Gasteiger partial charge in [0.25, 0.3) is 0 Å². The molecule has 0 spiro atoms. The molecule has 1 aliphatic heterocycles. The van der Waals surface area contributed by atoms with Crippen LogP contribution < -0.4 is 10.6 Å². The second-order valence-electron chi connectivity index (χ2n) is 5.03. The summed E-state index contributed by atoms with van der Waals surface area (Å²) in [5.74, 6) is 0. The van der Waals surface area contributed by atoms with Gasteiger partial charge in [0.2, 0.25) is 0 Å². The average molecular weight is 238 g/mol. The predicted molar refractivity (Wildman–Crippen MR) is 63.8 cm³/mol. The Morgan fingerprint density at radius 1 is 1.59 bits per heavy atom. The molecular formula is C11H18N4O2. The van der Waals surface area contributed by atoms with Gasteiger partial charge in [-0.2, -0.15) is 5.10 Å². The molecule has 2 heterocycles. The fourth-order valence-electron chi connectivity index (χ4n) is 1.70. The lowest BCUT2D eigenvalue weighted by molar-refractivity contribution is 0.0635. The van der Waals surface area contributed by atoms with Gasteiger partial charge in [-0.3, -0.25) is 10.00 Å². The molecule has 6 nitrogen and oxygen atoms in total. The molecule has 0 aliphatic carbocycles. The van der Waals surface area contributed by atoms with Crippen LogP contribution in [-0.2, 0) is 17.8 Å². The molecule has 1 aromatic rings. The number of carbonyl (C=O) groups is 1. The normalized spacial score (nSPS) is 15.2. The van der Waals surface area contributed by atoms with Gasteiger partial charge in [0.05, 0.1) is 24.1 Å². The third-order valence-corrected chi connectivity index (χ3v) is 2.38. The van der Waals surface area contributed by atoms with E-state index in [1.165, 1.54) is 0 Å². The first-order chi connectivity index (χ1) is 7.96. The fourth-order valence-corrected chi connectivity index (χ4v) is 1.70. The maximum Gasteiger partial charge on any atom is 0.412 e. The van der Waals surface area contributed by atoms with Gasteiger partial charge < -0.3 is 10.1 Å². The summed E-state index contributed by atoms with van der Waals surface area (Å²) in [5.41, 5.74) is 1.21. The zero-order valence-electron chi connectivity index (χ0n) is 10.4. The van der Waals surface area contributed by atoms with Gasteiger partial charge >= 0.3 is 6.09 Å². The van der Waals surface area contributed by atoms with Gasteiger partial charge in [0, 0.05) is 13.1 Å². The summed E-state index contributed by atoms with van der Waals surface area (Å²) in [5, 5.41) is 10.2. The molecular weight excluding hydrogens is 220 g/mol. The smallest absolute Gasteiger partial charge is 0.412 e. The molecule has 2 rings (SSSR count). The van der Waals surface area contributed by atoms with Crippen molar-refractivity contribution in [3.05, 3.63) is 11.9 Å². The molecule has 94 valence electrons. The molecule has 1 aromatic heterocycles. The Hall–Kier alpha value is -1.56. The first-order valence-electron chi connectivity index (χ1n) is 5.71. The Bertz CT molecular complexity index is 420. The van der Waals surface area contributed by atoms with Crippen LogP contribution in [0.4, 0.5) is 10.5 Å². The highest BCUT2D eigenvalue weighted by Crippen LogP contribution is 2.18. The first kappa shape index (κ1) is 11.9. The largest absolute Gasteiger partial charge is 0.444 e. The molecule has 0 unspecified atom stereocenters. The SMILES string of the molecule is CC(C)(C)OC(=O)Nc1cnn2c1CNCC2. The lowest BCUT2D eigenvalue weighted by atomic mass is 10.2. The molecule has 0 bridgehead atoms. The van der Waals surface area contributed by atoms with E-state index in [1.807, 2.05) is 25.5 Å². The Labute approximate surface area is 100 Å². The van der Waals surface area contributed by atoms with E-state index in [0.717, 1.165) is 18.8 Å². The van der Waals surface area contributed by atoms with Gasteiger partial charge in [-0.1, -0.05) is 0 Å². The number of nitrogens with one attached hydrogen (secondary N) is 2. The summed E-state index contributed by atoms with van der Waals surface area (Å²) in [6.45, 7) is 7.95. The second-order valence-corrected chi connectivity index (χ2v) is 5.03. The summed E-state index contributed by atoms with van der Waals surface area (Å²) < 4.78 is 7.09. The van der Waals surface area contributed by atoms with Crippen molar-refractivity contribution in [2.75, 3.05) is 11.9 Å². The van der Waals surface area contributed by atoms with Crippen LogP contribution in [0.3, 0.4) is 0 Å². The van der Waals surface area contributed by atoms with Crippen LogP contribution in [0.1, 0.15) is 26.5 Å². The number of anilines is 1. The minimum atomic E-state index is -0.491. The van der Waals surface area contributed by atoms with E-state index in [-0.39, 0.29) is 0 Å². The van der Waals surface area contributed by atoms with Gasteiger partial charge in [-0.15, -0.1) is 0 Å². The zero-order valence-corrected chi connectivity index (χ0v) is 10.4. The van der Waals surface area contributed by atoms with Crippen molar-refractivity contribution < 1.29 is 9.53 Å². The Morgan fingerprint density at radius 3 is 3.06 bits per heavy atom. The highest BCUT2D eigenvalue weighted by molar-refractivity contribution is 5.85. The monoisotopic (exact) mass is 238 g/mol. The number of hydrogen-bond acceptors (Lipinski definition) is 4. The van der Waals surface area contributed by atoms with Crippen molar-refractivity contribution in [3.63, 3.8) is 0 Å². The van der Waals surface area contributed by atoms with Gasteiger partial charge in [-0.25, -0.2) is 4.79 Å². The summed E-state index contributed by atoms with van der Waals surface area (Å²) in [6, 6.07) is 0. The number of amides is 1. The van der Waals surface area contributed by atoms with E-state index in [9.17, 15) is 4.79 Å². The molecule has 1 aliphatic rings. The standard InChI is InChI=1S/C11H18N4O2/c1-11(2,3)17-10(16)14-8-6-13-15-5-4-12-7-9(8)15/h6,12H,4-5,7H2,1-3H3,(H,14,16). The van der Waals surface area contributed by atoms with E-state index >= 15 is 0 Å². The maximum atomic E-state index is 11.6. The molecule has 1 amide bonds. The van der Waals surface area contributed by atoms with Gasteiger partial charge in [0.15, 0.2) is 0 Å². The number of hydrogen-bond donors (Lipinski definition) is 2. The van der Waals surface area contributed by atoms with Crippen LogP contribution in [0.15, 0.2) is 6.20 Å². The molecule has 0 atom stereocenters. The second kappa shape index (κ2) is 4.37. The van der Waals surface area contributed by atoms with E-state index in [1.54, 1.807) is 6.20 Å². The Morgan fingerprint density at radius 2 is 2.35 bits per heavy atom. The third-order valence-electron chi connectivity index (χ3n) is 2.38. The third kappa shape index (κ3) is 2.97. The maximum absolute atomic E-state index is 11.6. The molecule has 0 saturated heterocycles. The predicted octanol–water partition coefficient (Wildman–Crippen LogP) is 1.33. The zero-order chi connectivity index (χ0) is 12.5. The molecule has 0 radical (unpaired) electrons. The van der Waals surface area contributed by atoms with E-state index in [2.05, 4.69) is 15.7 Å². The molecule has 17 heavy (non-hydrogen) atoms. The lowest BCUT2D eigenvalue weighted by Gasteiger charge is -2.20. The van der Waals surface area contributed by atoms with E-state index < -0.39 is 11.7 Å². The van der Waals surface area contributed by atoms with Crippen molar-refractivity contribution in [2.24, 2.45) is 0 Å². The molecule has 0 saturated carbocycles.